The van der Waals surface area contributed by atoms with Gasteiger partial charge >= 0.3 is 0 Å². The molecule has 1 heterocycles. The molecule has 0 fully saturated rings. The Kier molecular flexibility index (Phi) is 3.46. The van der Waals surface area contributed by atoms with Gasteiger partial charge in [0.2, 0.25) is 0 Å². The lowest BCUT2D eigenvalue weighted by atomic mass is 10.1. The number of nitrogens with zero attached hydrogens (tertiary/aromatic N) is 2. The predicted octanol–water partition coefficient (Wildman–Crippen LogP) is 3.43. The first-order valence-electron chi connectivity index (χ1n) is 5.95. The van der Waals surface area contributed by atoms with E-state index in [1.165, 1.54) is 0 Å². The van der Waals surface area contributed by atoms with Crippen LogP contribution in [0.25, 0.3) is 0 Å². The molecule has 2 aromatic rings. The fourth-order valence-electron chi connectivity index (χ4n) is 1.55. The zero-order valence-corrected chi connectivity index (χ0v) is 10.9. The van der Waals surface area contributed by atoms with Gasteiger partial charge in [-0.3, -0.25) is 0 Å². The molecule has 0 bridgehead atoms. The second-order valence-electron chi connectivity index (χ2n) is 5.15. The highest BCUT2D eigenvalue weighted by Crippen LogP contribution is 2.17. The lowest BCUT2D eigenvalue weighted by Crippen LogP contribution is -2.26. The van der Waals surface area contributed by atoms with Crippen LogP contribution >= 0.6 is 0 Å². The van der Waals surface area contributed by atoms with Crippen LogP contribution in [0.4, 0.5) is 17.3 Å². The SMILES string of the molecule is CC(C)(C)Nc1cc(Nc2ccccc2)ncn1. The number of para-hydroxylation sites is 1. The summed E-state index contributed by atoms with van der Waals surface area (Å²) in [4.78, 5) is 8.41. The third-order valence-electron chi connectivity index (χ3n) is 2.22. The summed E-state index contributed by atoms with van der Waals surface area (Å²) in [6.07, 6.45) is 1.55. The van der Waals surface area contributed by atoms with Gasteiger partial charge in [-0.15, -0.1) is 0 Å². The van der Waals surface area contributed by atoms with E-state index in [-0.39, 0.29) is 5.54 Å². The Labute approximate surface area is 107 Å². The predicted molar refractivity (Wildman–Crippen MR) is 75.1 cm³/mol. The largest absolute Gasteiger partial charge is 0.365 e. The number of hydrogen-bond donors (Lipinski definition) is 2. The molecule has 4 heteroatoms. The van der Waals surface area contributed by atoms with Gasteiger partial charge in [-0.25, -0.2) is 9.97 Å². The van der Waals surface area contributed by atoms with E-state index in [9.17, 15) is 0 Å². The summed E-state index contributed by atoms with van der Waals surface area (Å²) < 4.78 is 0. The second-order valence-corrected chi connectivity index (χ2v) is 5.15. The van der Waals surface area contributed by atoms with Crippen LogP contribution in [-0.2, 0) is 0 Å². The number of anilines is 3. The van der Waals surface area contributed by atoms with E-state index < -0.39 is 0 Å². The minimum absolute atomic E-state index is 0.0155. The number of aromatic nitrogens is 2. The maximum absolute atomic E-state index is 4.20. The normalized spacial score (nSPS) is 11.1. The van der Waals surface area contributed by atoms with Crippen LogP contribution in [0.15, 0.2) is 42.7 Å². The monoisotopic (exact) mass is 242 g/mol. The lowest BCUT2D eigenvalue weighted by Gasteiger charge is -2.21. The molecule has 0 aliphatic rings. The van der Waals surface area contributed by atoms with E-state index in [2.05, 4.69) is 41.4 Å². The van der Waals surface area contributed by atoms with E-state index in [1.54, 1.807) is 6.33 Å². The van der Waals surface area contributed by atoms with Crippen molar-refractivity contribution in [3.63, 3.8) is 0 Å². The number of nitrogens with one attached hydrogen (secondary N) is 2. The first-order valence-corrected chi connectivity index (χ1v) is 5.95. The molecule has 2 N–H and O–H groups in total. The topological polar surface area (TPSA) is 49.8 Å². The van der Waals surface area contributed by atoms with Crippen LogP contribution in [0.3, 0.4) is 0 Å². The molecule has 0 spiro atoms. The van der Waals surface area contributed by atoms with Gasteiger partial charge in [0.15, 0.2) is 0 Å². The molecule has 0 saturated carbocycles. The molecule has 0 aliphatic carbocycles. The molecule has 0 saturated heterocycles. The van der Waals surface area contributed by atoms with Gasteiger partial charge < -0.3 is 10.6 Å². The Balaban J connectivity index is 2.13. The standard InChI is InChI=1S/C14H18N4/c1-14(2,3)18-13-9-12(15-10-16-13)17-11-7-5-4-6-8-11/h4-10H,1-3H3,(H2,15,16,17,18). The van der Waals surface area contributed by atoms with Gasteiger partial charge in [-0.1, -0.05) is 18.2 Å². The molecular weight excluding hydrogens is 224 g/mol. The van der Waals surface area contributed by atoms with Crippen molar-refractivity contribution in [1.82, 2.24) is 9.97 Å². The molecule has 94 valence electrons. The molecule has 0 aliphatic heterocycles. The number of rotatable bonds is 3. The highest BCUT2D eigenvalue weighted by atomic mass is 15.1. The molecule has 1 aromatic carbocycles. The Bertz CT molecular complexity index is 503. The minimum atomic E-state index is -0.0155. The van der Waals surface area contributed by atoms with Crippen LogP contribution in [-0.4, -0.2) is 15.5 Å². The minimum Gasteiger partial charge on any atom is -0.365 e. The lowest BCUT2D eigenvalue weighted by molar-refractivity contribution is 0.630. The molecule has 18 heavy (non-hydrogen) atoms. The maximum atomic E-state index is 4.20. The third kappa shape index (κ3) is 3.73. The first-order chi connectivity index (χ1) is 8.53. The Morgan fingerprint density at radius 3 is 2.28 bits per heavy atom. The van der Waals surface area contributed by atoms with Crippen molar-refractivity contribution < 1.29 is 0 Å². The third-order valence-corrected chi connectivity index (χ3v) is 2.22. The van der Waals surface area contributed by atoms with Gasteiger partial charge in [0, 0.05) is 17.3 Å². The number of benzene rings is 1. The summed E-state index contributed by atoms with van der Waals surface area (Å²) in [7, 11) is 0. The van der Waals surface area contributed by atoms with Crippen LogP contribution in [0.5, 0.6) is 0 Å². The van der Waals surface area contributed by atoms with Gasteiger partial charge in [0.25, 0.3) is 0 Å². The fourth-order valence-corrected chi connectivity index (χ4v) is 1.55. The highest BCUT2D eigenvalue weighted by Gasteiger charge is 2.10. The van der Waals surface area contributed by atoms with Crippen molar-refractivity contribution in [3.05, 3.63) is 42.7 Å². The van der Waals surface area contributed by atoms with Gasteiger partial charge in [0.1, 0.15) is 18.0 Å². The molecule has 1 aromatic heterocycles. The average Bonchev–Trinajstić information content (AvgIpc) is 2.28. The molecular formula is C14H18N4. The molecule has 0 amide bonds. The van der Waals surface area contributed by atoms with E-state index in [1.807, 2.05) is 36.4 Å². The summed E-state index contributed by atoms with van der Waals surface area (Å²) in [5, 5.41) is 6.56. The Morgan fingerprint density at radius 2 is 1.61 bits per heavy atom. The van der Waals surface area contributed by atoms with E-state index in [4.69, 9.17) is 0 Å². The summed E-state index contributed by atoms with van der Waals surface area (Å²) in [6, 6.07) is 11.9. The van der Waals surface area contributed by atoms with Gasteiger partial charge in [-0.05, 0) is 32.9 Å². The van der Waals surface area contributed by atoms with Gasteiger partial charge in [0.05, 0.1) is 0 Å². The smallest absolute Gasteiger partial charge is 0.135 e. The van der Waals surface area contributed by atoms with Crippen LogP contribution < -0.4 is 10.6 Å². The molecule has 0 atom stereocenters. The van der Waals surface area contributed by atoms with Crippen molar-refractivity contribution in [2.75, 3.05) is 10.6 Å². The van der Waals surface area contributed by atoms with E-state index in [0.717, 1.165) is 17.3 Å². The second kappa shape index (κ2) is 5.04. The van der Waals surface area contributed by atoms with Crippen LogP contribution in [0.1, 0.15) is 20.8 Å². The van der Waals surface area contributed by atoms with Gasteiger partial charge in [-0.2, -0.15) is 0 Å². The Hall–Kier alpha value is -2.10. The summed E-state index contributed by atoms with van der Waals surface area (Å²) in [5.41, 5.74) is 0.996. The van der Waals surface area contributed by atoms with Crippen molar-refractivity contribution in [2.24, 2.45) is 0 Å². The summed E-state index contributed by atoms with van der Waals surface area (Å²) in [5.74, 6) is 1.60. The average molecular weight is 242 g/mol. The zero-order chi connectivity index (χ0) is 13.0. The molecule has 0 radical (unpaired) electrons. The number of hydrogen-bond acceptors (Lipinski definition) is 4. The highest BCUT2D eigenvalue weighted by molar-refractivity contribution is 5.58. The van der Waals surface area contributed by atoms with Crippen molar-refractivity contribution in [3.8, 4) is 0 Å². The molecule has 2 rings (SSSR count). The first kappa shape index (κ1) is 12.4. The molecule has 0 unspecified atom stereocenters. The summed E-state index contributed by atoms with van der Waals surface area (Å²) in [6.45, 7) is 6.29. The maximum Gasteiger partial charge on any atom is 0.135 e. The van der Waals surface area contributed by atoms with Crippen molar-refractivity contribution in [2.45, 2.75) is 26.3 Å². The van der Waals surface area contributed by atoms with Crippen LogP contribution in [0, 0.1) is 0 Å². The molecule has 4 nitrogen and oxygen atoms in total. The fraction of sp³-hybridized carbons (Fsp3) is 0.286. The quantitative estimate of drug-likeness (QED) is 0.865. The van der Waals surface area contributed by atoms with Crippen molar-refractivity contribution >= 4 is 17.3 Å². The zero-order valence-electron chi connectivity index (χ0n) is 10.9. The Morgan fingerprint density at radius 1 is 0.944 bits per heavy atom. The van der Waals surface area contributed by atoms with Crippen molar-refractivity contribution in [1.29, 1.82) is 0 Å². The van der Waals surface area contributed by atoms with Crippen LogP contribution in [0.2, 0.25) is 0 Å². The van der Waals surface area contributed by atoms with E-state index in [0.29, 0.717) is 0 Å². The summed E-state index contributed by atoms with van der Waals surface area (Å²) >= 11 is 0. The van der Waals surface area contributed by atoms with E-state index >= 15 is 0 Å².